The van der Waals surface area contributed by atoms with E-state index in [1.165, 1.54) is 19.3 Å². The van der Waals surface area contributed by atoms with Crippen LogP contribution >= 0.6 is 0 Å². The summed E-state index contributed by atoms with van der Waals surface area (Å²) < 4.78 is 0. The van der Waals surface area contributed by atoms with E-state index in [0.29, 0.717) is 11.9 Å². The van der Waals surface area contributed by atoms with Crippen LogP contribution in [0.15, 0.2) is 0 Å². The van der Waals surface area contributed by atoms with Gasteiger partial charge in [0.25, 0.3) is 0 Å². The largest absolute Gasteiger partial charge is 0.357 e. The minimum atomic E-state index is 0.187. The SMILES string of the molecule is CCN(CC)c1nc(NC)nc(NC2(CC)CCC2)n1. The van der Waals surface area contributed by atoms with Gasteiger partial charge in [-0.05, 0) is 39.5 Å². The fourth-order valence-corrected chi connectivity index (χ4v) is 2.59. The highest BCUT2D eigenvalue weighted by Gasteiger charge is 2.35. The Hall–Kier alpha value is -1.59. The van der Waals surface area contributed by atoms with Crippen LogP contribution in [-0.4, -0.2) is 40.6 Å². The second-order valence-electron chi connectivity index (χ2n) is 5.32. The van der Waals surface area contributed by atoms with Crippen molar-refractivity contribution in [3.63, 3.8) is 0 Å². The van der Waals surface area contributed by atoms with E-state index < -0.39 is 0 Å². The van der Waals surface area contributed by atoms with Crippen molar-refractivity contribution < 1.29 is 0 Å². The van der Waals surface area contributed by atoms with Gasteiger partial charge in [0.15, 0.2) is 0 Å². The summed E-state index contributed by atoms with van der Waals surface area (Å²) in [5, 5.41) is 6.55. The van der Waals surface area contributed by atoms with Crippen molar-refractivity contribution in [1.29, 1.82) is 0 Å². The normalized spacial score (nSPS) is 16.4. The lowest BCUT2D eigenvalue weighted by molar-refractivity contribution is 0.268. The van der Waals surface area contributed by atoms with Gasteiger partial charge in [-0.25, -0.2) is 0 Å². The lowest BCUT2D eigenvalue weighted by atomic mass is 9.75. The molecule has 1 heterocycles. The van der Waals surface area contributed by atoms with Crippen molar-refractivity contribution >= 4 is 17.8 Å². The van der Waals surface area contributed by atoms with Gasteiger partial charge < -0.3 is 15.5 Å². The highest BCUT2D eigenvalue weighted by atomic mass is 15.3. The average molecular weight is 278 g/mol. The Bertz CT molecular complexity index is 434. The smallest absolute Gasteiger partial charge is 0.231 e. The number of hydrogen-bond donors (Lipinski definition) is 2. The zero-order valence-corrected chi connectivity index (χ0v) is 13.0. The predicted octanol–water partition coefficient (Wildman–Crippen LogP) is 2.50. The topological polar surface area (TPSA) is 66.0 Å². The molecule has 2 N–H and O–H groups in total. The van der Waals surface area contributed by atoms with Crippen molar-refractivity contribution in [2.45, 2.75) is 52.0 Å². The number of anilines is 3. The van der Waals surface area contributed by atoms with Gasteiger partial charge in [-0.3, -0.25) is 0 Å². The number of rotatable bonds is 7. The van der Waals surface area contributed by atoms with Gasteiger partial charge in [-0.15, -0.1) is 0 Å². The molecule has 0 unspecified atom stereocenters. The second kappa shape index (κ2) is 6.24. The van der Waals surface area contributed by atoms with Gasteiger partial charge in [0.1, 0.15) is 0 Å². The van der Waals surface area contributed by atoms with Crippen LogP contribution in [0.2, 0.25) is 0 Å². The quantitative estimate of drug-likeness (QED) is 0.799. The van der Waals surface area contributed by atoms with Crippen LogP contribution in [0.25, 0.3) is 0 Å². The van der Waals surface area contributed by atoms with E-state index in [2.05, 4.69) is 51.3 Å². The van der Waals surface area contributed by atoms with E-state index in [4.69, 9.17) is 0 Å². The zero-order valence-electron chi connectivity index (χ0n) is 13.0. The highest BCUT2D eigenvalue weighted by Crippen LogP contribution is 2.37. The van der Waals surface area contributed by atoms with E-state index in [-0.39, 0.29) is 5.54 Å². The van der Waals surface area contributed by atoms with Crippen molar-refractivity contribution in [3.8, 4) is 0 Å². The molecule has 1 saturated carbocycles. The van der Waals surface area contributed by atoms with E-state index in [9.17, 15) is 0 Å². The first-order valence-electron chi connectivity index (χ1n) is 7.63. The molecule has 112 valence electrons. The first kappa shape index (κ1) is 14.8. The van der Waals surface area contributed by atoms with Crippen molar-refractivity contribution in [2.75, 3.05) is 35.7 Å². The van der Waals surface area contributed by atoms with Crippen molar-refractivity contribution in [1.82, 2.24) is 15.0 Å². The molecule has 0 spiro atoms. The lowest BCUT2D eigenvalue weighted by Crippen LogP contribution is -2.45. The average Bonchev–Trinajstić information content (AvgIpc) is 2.44. The molecule has 0 atom stereocenters. The van der Waals surface area contributed by atoms with Crippen LogP contribution in [0.5, 0.6) is 0 Å². The molecule has 1 aromatic rings. The Morgan fingerprint density at radius 3 is 2.15 bits per heavy atom. The molecule has 6 nitrogen and oxygen atoms in total. The summed E-state index contributed by atoms with van der Waals surface area (Å²) in [7, 11) is 1.84. The highest BCUT2D eigenvalue weighted by molar-refractivity contribution is 5.45. The monoisotopic (exact) mass is 278 g/mol. The molecule has 1 fully saturated rings. The molecule has 0 aliphatic heterocycles. The summed E-state index contributed by atoms with van der Waals surface area (Å²) in [5.41, 5.74) is 0.187. The van der Waals surface area contributed by atoms with Gasteiger partial charge in [0.05, 0.1) is 0 Å². The van der Waals surface area contributed by atoms with Gasteiger partial charge in [-0.2, -0.15) is 15.0 Å². The van der Waals surface area contributed by atoms with Crippen LogP contribution in [0.3, 0.4) is 0 Å². The maximum atomic E-state index is 4.59. The van der Waals surface area contributed by atoms with Crippen LogP contribution in [0, 0.1) is 0 Å². The number of hydrogen-bond acceptors (Lipinski definition) is 6. The van der Waals surface area contributed by atoms with Gasteiger partial charge in [0, 0.05) is 25.7 Å². The Kier molecular flexibility index (Phi) is 4.62. The number of nitrogens with zero attached hydrogens (tertiary/aromatic N) is 4. The fourth-order valence-electron chi connectivity index (χ4n) is 2.59. The molecule has 1 aromatic heterocycles. The molecular weight excluding hydrogens is 252 g/mol. The molecule has 2 rings (SSSR count). The van der Waals surface area contributed by atoms with E-state index >= 15 is 0 Å². The van der Waals surface area contributed by atoms with E-state index in [0.717, 1.165) is 25.5 Å². The third-order valence-electron chi connectivity index (χ3n) is 4.26. The molecule has 20 heavy (non-hydrogen) atoms. The molecule has 1 aliphatic carbocycles. The molecule has 0 aromatic carbocycles. The molecule has 0 amide bonds. The van der Waals surface area contributed by atoms with Crippen molar-refractivity contribution in [3.05, 3.63) is 0 Å². The first-order valence-corrected chi connectivity index (χ1v) is 7.63. The standard InChI is InChI=1S/C14H26N6/c1-5-14(9-8-10-14)19-12-16-11(15-4)17-13(18-12)20(6-2)7-3/h5-10H2,1-4H3,(H2,15,16,17,18,19). The van der Waals surface area contributed by atoms with Crippen molar-refractivity contribution in [2.24, 2.45) is 0 Å². The zero-order chi connectivity index (χ0) is 14.6. The second-order valence-corrected chi connectivity index (χ2v) is 5.32. The molecular formula is C14H26N6. The number of nitrogens with one attached hydrogen (secondary N) is 2. The summed E-state index contributed by atoms with van der Waals surface area (Å²) in [4.78, 5) is 15.6. The van der Waals surface area contributed by atoms with Crippen LogP contribution in [0.1, 0.15) is 46.5 Å². The van der Waals surface area contributed by atoms with E-state index in [1.807, 2.05) is 7.05 Å². The summed E-state index contributed by atoms with van der Waals surface area (Å²) in [5.74, 6) is 2.05. The molecule has 6 heteroatoms. The van der Waals surface area contributed by atoms with Crippen LogP contribution in [-0.2, 0) is 0 Å². The van der Waals surface area contributed by atoms with Gasteiger partial charge in [-0.1, -0.05) is 6.92 Å². The Morgan fingerprint density at radius 1 is 1.05 bits per heavy atom. The van der Waals surface area contributed by atoms with Crippen LogP contribution in [0.4, 0.5) is 17.8 Å². The summed E-state index contributed by atoms with van der Waals surface area (Å²) in [6, 6.07) is 0. The molecule has 0 radical (unpaired) electrons. The Morgan fingerprint density at radius 2 is 1.70 bits per heavy atom. The van der Waals surface area contributed by atoms with Crippen LogP contribution < -0.4 is 15.5 Å². The third-order valence-corrected chi connectivity index (χ3v) is 4.26. The third kappa shape index (κ3) is 2.94. The Balaban J connectivity index is 2.25. The van der Waals surface area contributed by atoms with E-state index in [1.54, 1.807) is 0 Å². The summed E-state index contributed by atoms with van der Waals surface area (Å²) >= 11 is 0. The summed E-state index contributed by atoms with van der Waals surface area (Å²) in [6.07, 6.45) is 4.79. The molecule has 0 saturated heterocycles. The maximum Gasteiger partial charge on any atom is 0.231 e. The lowest BCUT2D eigenvalue weighted by Gasteiger charge is -2.42. The maximum absolute atomic E-state index is 4.59. The molecule has 0 bridgehead atoms. The van der Waals surface area contributed by atoms with Gasteiger partial charge >= 0.3 is 0 Å². The minimum absolute atomic E-state index is 0.187. The molecule has 1 aliphatic rings. The fraction of sp³-hybridized carbons (Fsp3) is 0.786. The number of aromatic nitrogens is 3. The minimum Gasteiger partial charge on any atom is -0.357 e. The Labute approximate surface area is 121 Å². The van der Waals surface area contributed by atoms with Gasteiger partial charge in [0.2, 0.25) is 17.8 Å². The summed E-state index contributed by atoms with van der Waals surface area (Å²) in [6.45, 7) is 8.22. The first-order chi connectivity index (χ1) is 9.66. The predicted molar refractivity (Wildman–Crippen MR) is 83.4 cm³/mol.